The first-order valence-corrected chi connectivity index (χ1v) is 8.64. The molecule has 0 aliphatic rings. The Labute approximate surface area is 133 Å². The van der Waals surface area contributed by atoms with Gasteiger partial charge in [-0.15, -0.1) is 0 Å². The highest BCUT2D eigenvalue weighted by molar-refractivity contribution is 9.10. The minimum Gasteiger partial charge on any atom is -0.399 e. The van der Waals surface area contributed by atoms with E-state index >= 15 is 0 Å². The SMILES string of the molecule is Cc1cc(S(=O)(=O)Nc2cc(C)c(Br)c(C)c2)ccc1N. The summed E-state index contributed by atoms with van der Waals surface area (Å²) in [6.45, 7) is 5.62. The van der Waals surface area contributed by atoms with Gasteiger partial charge in [-0.1, -0.05) is 15.9 Å². The van der Waals surface area contributed by atoms with E-state index in [-0.39, 0.29) is 4.90 Å². The maximum Gasteiger partial charge on any atom is 0.261 e. The van der Waals surface area contributed by atoms with Crippen LogP contribution in [0.15, 0.2) is 39.7 Å². The highest BCUT2D eigenvalue weighted by atomic mass is 79.9. The summed E-state index contributed by atoms with van der Waals surface area (Å²) in [5.74, 6) is 0. The van der Waals surface area contributed by atoms with Gasteiger partial charge in [-0.25, -0.2) is 8.42 Å². The Morgan fingerprint density at radius 1 is 1.00 bits per heavy atom. The normalized spacial score (nSPS) is 11.4. The van der Waals surface area contributed by atoms with Gasteiger partial charge in [0.25, 0.3) is 10.0 Å². The van der Waals surface area contributed by atoms with Crippen LogP contribution in [0.1, 0.15) is 16.7 Å². The largest absolute Gasteiger partial charge is 0.399 e. The molecule has 2 rings (SSSR count). The van der Waals surface area contributed by atoms with Crippen molar-refractivity contribution in [2.75, 3.05) is 10.5 Å². The molecule has 0 aliphatic carbocycles. The lowest BCUT2D eigenvalue weighted by Gasteiger charge is -2.12. The van der Waals surface area contributed by atoms with Crippen molar-refractivity contribution in [2.24, 2.45) is 0 Å². The average molecular weight is 369 g/mol. The summed E-state index contributed by atoms with van der Waals surface area (Å²) < 4.78 is 28.4. The van der Waals surface area contributed by atoms with E-state index in [2.05, 4.69) is 20.7 Å². The molecule has 0 amide bonds. The molecule has 0 saturated heterocycles. The molecule has 0 radical (unpaired) electrons. The Hall–Kier alpha value is -1.53. The molecule has 0 fully saturated rings. The lowest BCUT2D eigenvalue weighted by atomic mass is 10.1. The van der Waals surface area contributed by atoms with Gasteiger partial charge >= 0.3 is 0 Å². The van der Waals surface area contributed by atoms with Crippen molar-refractivity contribution in [3.05, 3.63) is 51.5 Å². The molecule has 21 heavy (non-hydrogen) atoms. The summed E-state index contributed by atoms with van der Waals surface area (Å²) in [6.07, 6.45) is 0. The molecule has 0 unspecified atom stereocenters. The number of halogens is 1. The van der Waals surface area contributed by atoms with Crippen LogP contribution in [-0.2, 0) is 10.0 Å². The lowest BCUT2D eigenvalue weighted by Crippen LogP contribution is -2.13. The van der Waals surface area contributed by atoms with E-state index in [0.29, 0.717) is 11.4 Å². The molecule has 3 N–H and O–H groups in total. The second-order valence-electron chi connectivity index (χ2n) is 5.05. The number of hydrogen-bond acceptors (Lipinski definition) is 3. The number of rotatable bonds is 3. The molecule has 4 nitrogen and oxygen atoms in total. The van der Waals surface area contributed by atoms with E-state index in [0.717, 1.165) is 21.2 Å². The van der Waals surface area contributed by atoms with Gasteiger partial charge in [-0.2, -0.15) is 0 Å². The predicted octanol–water partition coefficient (Wildman–Crippen LogP) is 3.76. The number of nitrogens with two attached hydrogens (primary N) is 1. The fraction of sp³-hybridized carbons (Fsp3) is 0.200. The molecular formula is C15H17BrN2O2S. The van der Waals surface area contributed by atoms with Crippen LogP contribution in [0.25, 0.3) is 0 Å². The molecule has 6 heteroatoms. The molecule has 0 atom stereocenters. The van der Waals surface area contributed by atoms with Crippen molar-refractivity contribution in [1.82, 2.24) is 0 Å². The van der Waals surface area contributed by atoms with Crippen molar-refractivity contribution in [1.29, 1.82) is 0 Å². The van der Waals surface area contributed by atoms with Crippen LogP contribution in [0.4, 0.5) is 11.4 Å². The monoisotopic (exact) mass is 368 g/mol. The van der Waals surface area contributed by atoms with Gasteiger partial charge in [0.15, 0.2) is 0 Å². The highest BCUT2D eigenvalue weighted by Crippen LogP contribution is 2.27. The Kier molecular flexibility index (Phi) is 4.30. The summed E-state index contributed by atoms with van der Waals surface area (Å²) in [5, 5.41) is 0. The standard InChI is InChI=1S/C15H17BrN2O2S/c1-9-8-13(4-5-14(9)17)21(19,20)18-12-6-10(2)15(16)11(3)7-12/h4-8,18H,17H2,1-3H3. The quantitative estimate of drug-likeness (QED) is 0.810. The van der Waals surface area contributed by atoms with Crippen LogP contribution in [-0.4, -0.2) is 8.42 Å². The van der Waals surface area contributed by atoms with Gasteiger partial charge in [-0.3, -0.25) is 4.72 Å². The molecule has 0 aliphatic heterocycles. The van der Waals surface area contributed by atoms with Gasteiger partial charge < -0.3 is 5.73 Å². The summed E-state index contributed by atoms with van der Waals surface area (Å²) in [7, 11) is -3.62. The van der Waals surface area contributed by atoms with Gasteiger partial charge in [0, 0.05) is 15.8 Å². The molecule has 0 aromatic heterocycles. The predicted molar refractivity (Wildman–Crippen MR) is 90.0 cm³/mol. The van der Waals surface area contributed by atoms with E-state index in [1.807, 2.05) is 13.8 Å². The first-order chi connectivity index (χ1) is 9.70. The number of hydrogen-bond donors (Lipinski definition) is 2. The van der Waals surface area contributed by atoms with Gasteiger partial charge in [0.1, 0.15) is 0 Å². The van der Waals surface area contributed by atoms with Crippen LogP contribution in [0, 0.1) is 20.8 Å². The molecule has 0 heterocycles. The third-order valence-corrected chi connectivity index (χ3v) is 5.87. The van der Waals surface area contributed by atoms with E-state index in [9.17, 15) is 8.42 Å². The molecule has 2 aromatic rings. The van der Waals surface area contributed by atoms with Crippen LogP contribution in [0.5, 0.6) is 0 Å². The van der Waals surface area contributed by atoms with Crippen LogP contribution in [0.2, 0.25) is 0 Å². The molecule has 0 bridgehead atoms. The average Bonchev–Trinajstić information content (AvgIpc) is 2.38. The third kappa shape index (κ3) is 3.39. The van der Waals surface area contributed by atoms with Crippen molar-refractivity contribution in [3.63, 3.8) is 0 Å². The Morgan fingerprint density at radius 3 is 2.10 bits per heavy atom. The second kappa shape index (κ2) is 5.69. The van der Waals surface area contributed by atoms with Gasteiger partial charge in [-0.05, 0) is 67.8 Å². The third-order valence-electron chi connectivity index (χ3n) is 3.24. The van der Waals surface area contributed by atoms with Crippen molar-refractivity contribution in [3.8, 4) is 0 Å². The maximum atomic E-state index is 12.4. The van der Waals surface area contributed by atoms with E-state index in [4.69, 9.17) is 5.73 Å². The number of sulfonamides is 1. The number of nitrogen functional groups attached to an aromatic ring is 1. The number of benzene rings is 2. The van der Waals surface area contributed by atoms with Gasteiger partial charge in [0.2, 0.25) is 0 Å². The van der Waals surface area contributed by atoms with E-state index < -0.39 is 10.0 Å². The number of aryl methyl sites for hydroxylation is 3. The summed E-state index contributed by atoms with van der Waals surface area (Å²) in [6, 6.07) is 8.25. The zero-order chi connectivity index (χ0) is 15.8. The van der Waals surface area contributed by atoms with Crippen LogP contribution < -0.4 is 10.5 Å². The van der Waals surface area contributed by atoms with Crippen molar-refractivity contribution < 1.29 is 8.42 Å². The van der Waals surface area contributed by atoms with E-state index in [1.54, 1.807) is 31.2 Å². The first kappa shape index (κ1) is 15.9. The molecule has 0 spiro atoms. The second-order valence-corrected chi connectivity index (χ2v) is 7.52. The lowest BCUT2D eigenvalue weighted by molar-refractivity contribution is 0.601. The zero-order valence-electron chi connectivity index (χ0n) is 12.1. The first-order valence-electron chi connectivity index (χ1n) is 6.36. The fourth-order valence-electron chi connectivity index (χ4n) is 2.03. The Morgan fingerprint density at radius 2 is 1.57 bits per heavy atom. The van der Waals surface area contributed by atoms with Crippen LogP contribution >= 0.6 is 15.9 Å². The highest BCUT2D eigenvalue weighted by Gasteiger charge is 2.16. The summed E-state index contributed by atoms with van der Waals surface area (Å²) in [5.41, 5.74) is 9.52. The van der Waals surface area contributed by atoms with Crippen LogP contribution in [0.3, 0.4) is 0 Å². The minimum atomic E-state index is -3.62. The van der Waals surface area contributed by atoms with E-state index in [1.165, 1.54) is 6.07 Å². The zero-order valence-corrected chi connectivity index (χ0v) is 14.5. The smallest absolute Gasteiger partial charge is 0.261 e. The summed E-state index contributed by atoms with van der Waals surface area (Å²) >= 11 is 3.46. The Balaban J connectivity index is 2.39. The molecule has 112 valence electrons. The number of anilines is 2. The number of nitrogens with one attached hydrogen (secondary N) is 1. The topological polar surface area (TPSA) is 72.2 Å². The minimum absolute atomic E-state index is 0.201. The fourth-order valence-corrected chi connectivity index (χ4v) is 3.39. The Bertz CT molecular complexity index is 778. The van der Waals surface area contributed by atoms with Crippen molar-refractivity contribution >= 4 is 37.3 Å². The molecular weight excluding hydrogens is 352 g/mol. The maximum absolute atomic E-state index is 12.4. The molecule has 0 saturated carbocycles. The van der Waals surface area contributed by atoms with Crippen molar-refractivity contribution in [2.45, 2.75) is 25.7 Å². The van der Waals surface area contributed by atoms with Gasteiger partial charge in [0.05, 0.1) is 4.90 Å². The summed E-state index contributed by atoms with van der Waals surface area (Å²) in [4.78, 5) is 0.201. The molecule has 2 aromatic carbocycles.